The van der Waals surface area contributed by atoms with Gasteiger partial charge in [-0.2, -0.15) is 13.2 Å². The first kappa shape index (κ1) is 19.1. The fraction of sp³-hybridized carbons (Fsp3) is 0.118. The first-order valence-electron chi connectivity index (χ1n) is 7.81. The van der Waals surface area contributed by atoms with E-state index in [-0.39, 0.29) is 23.6 Å². The van der Waals surface area contributed by atoms with Gasteiger partial charge in [-0.05, 0) is 30.3 Å². The SMILES string of the molecule is Nc1ncccc1NCc1cc(NC(=O)c2coc(C(F)(F)F)n2)ccc1F. The summed E-state index contributed by atoms with van der Waals surface area (Å²) >= 11 is 0. The van der Waals surface area contributed by atoms with Gasteiger partial charge in [-0.3, -0.25) is 4.79 Å². The van der Waals surface area contributed by atoms with Crippen molar-refractivity contribution in [3.05, 3.63) is 65.8 Å². The number of nitrogens with one attached hydrogen (secondary N) is 2. The van der Waals surface area contributed by atoms with Gasteiger partial charge in [-0.15, -0.1) is 0 Å². The van der Waals surface area contributed by atoms with Crippen molar-refractivity contribution in [3.63, 3.8) is 0 Å². The molecule has 0 aliphatic heterocycles. The largest absolute Gasteiger partial charge is 0.468 e. The van der Waals surface area contributed by atoms with E-state index in [1.54, 1.807) is 12.1 Å². The fourth-order valence-corrected chi connectivity index (χ4v) is 2.25. The molecule has 7 nitrogen and oxygen atoms in total. The quantitative estimate of drug-likeness (QED) is 0.569. The number of halogens is 4. The molecule has 0 fully saturated rings. The molecule has 0 spiro atoms. The van der Waals surface area contributed by atoms with E-state index in [4.69, 9.17) is 5.73 Å². The molecule has 28 heavy (non-hydrogen) atoms. The van der Waals surface area contributed by atoms with Gasteiger partial charge in [0.05, 0.1) is 5.69 Å². The third-order valence-corrected chi connectivity index (χ3v) is 3.59. The number of carbonyl (C=O) groups is 1. The van der Waals surface area contributed by atoms with Crippen LogP contribution >= 0.6 is 0 Å². The molecule has 0 radical (unpaired) electrons. The number of benzene rings is 1. The van der Waals surface area contributed by atoms with Crippen molar-refractivity contribution in [2.75, 3.05) is 16.4 Å². The second-order valence-electron chi connectivity index (χ2n) is 5.59. The van der Waals surface area contributed by atoms with E-state index in [9.17, 15) is 22.4 Å². The fourth-order valence-electron chi connectivity index (χ4n) is 2.25. The molecule has 3 aromatic rings. The van der Waals surface area contributed by atoms with Crippen LogP contribution in [0.4, 0.5) is 34.8 Å². The van der Waals surface area contributed by atoms with Gasteiger partial charge in [0.15, 0.2) is 5.69 Å². The number of hydrogen-bond donors (Lipinski definition) is 3. The maximum atomic E-state index is 14.0. The van der Waals surface area contributed by atoms with Crippen molar-refractivity contribution in [2.45, 2.75) is 12.7 Å². The minimum Gasteiger partial charge on any atom is -0.441 e. The second-order valence-corrected chi connectivity index (χ2v) is 5.59. The van der Waals surface area contributed by atoms with Crippen molar-refractivity contribution in [3.8, 4) is 0 Å². The summed E-state index contributed by atoms with van der Waals surface area (Å²) in [6.07, 6.45) is -2.71. The van der Waals surface area contributed by atoms with E-state index in [0.29, 0.717) is 12.0 Å². The molecular weight excluding hydrogens is 382 g/mol. The topological polar surface area (TPSA) is 106 Å². The highest BCUT2D eigenvalue weighted by Crippen LogP contribution is 2.28. The first-order chi connectivity index (χ1) is 13.2. The molecule has 0 aliphatic carbocycles. The molecule has 1 amide bonds. The minimum absolute atomic E-state index is 0.0353. The van der Waals surface area contributed by atoms with E-state index in [0.717, 1.165) is 6.07 Å². The molecule has 0 bridgehead atoms. The summed E-state index contributed by atoms with van der Waals surface area (Å²) in [5, 5.41) is 5.25. The highest BCUT2D eigenvalue weighted by atomic mass is 19.4. The van der Waals surface area contributed by atoms with Crippen molar-refractivity contribution in [1.29, 1.82) is 0 Å². The number of carbonyl (C=O) groups excluding carboxylic acids is 1. The van der Waals surface area contributed by atoms with E-state index in [1.807, 2.05) is 0 Å². The van der Waals surface area contributed by atoms with Crippen LogP contribution in [-0.4, -0.2) is 15.9 Å². The number of aromatic nitrogens is 2. The highest BCUT2D eigenvalue weighted by Gasteiger charge is 2.37. The van der Waals surface area contributed by atoms with E-state index >= 15 is 0 Å². The van der Waals surface area contributed by atoms with Crippen LogP contribution in [0, 0.1) is 5.82 Å². The Kier molecular flexibility index (Phi) is 5.16. The van der Waals surface area contributed by atoms with Gasteiger partial charge in [-0.25, -0.2) is 14.4 Å². The van der Waals surface area contributed by atoms with Crippen LogP contribution in [-0.2, 0) is 12.7 Å². The molecule has 2 aromatic heterocycles. The average Bonchev–Trinajstić information content (AvgIpc) is 3.14. The summed E-state index contributed by atoms with van der Waals surface area (Å²) in [4.78, 5) is 19.0. The van der Waals surface area contributed by atoms with Gasteiger partial charge < -0.3 is 20.8 Å². The van der Waals surface area contributed by atoms with Gasteiger partial charge in [0.1, 0.15) is 17.9 Å². The molecule has 0 saturated heterocycles. The lowest BCUT2D eigenvalue weighted by Crippen LogP contribution is -2.14. The normalized spacial score (nSPS) is 11.3. The van der Waals surface area contributed by atoms with Crippen LogP contribution in [0.1, 0.15) is 21.9 Å². The lowest BCUT2D eigenvalue weighted by atomic mass is 10.1. The van der Waals surface area contributed by atoms with Crippen molar-refractivity contribution < 1.29 is 26.8 Å². The van der Waals surface area contributed by atoms with E-state index in [2.05, 4.69) is 25.0 Å². The van der Waals surface area contributed by atoms with Gasteiger partial charge in [0, 0.05) is 24.0 Å². The number of oxazole rings is 1. The summed E-state index contributed by atoms with van der Waals surface area (Å²) in [6, 6.07) is 7.02. The molecule has 0 saturated carbocycles. The number of nitrogens with zero attached hydrogens (tertiary/aromatic N) is 2. The average molecular weight is 395 g/mol. The summed E-state index contributed by atoms with van der Waals surface area (Å²) in [5.41, 5.74) is 6.00. The predicted octanol–water partition coefficient (Wildman–Crippen LogP) is 3.67. The summed E-state index contributed by atoms with van der Waals surface area (Å²) in [7, 11) is 0. The Bertz CT molecular complexity index is 1000. The predicted molar refractivity (Wildman–Crippen MR) is 91.8 cm³/mol. The first-order valence-corrected chi connectivity index (χ1v) is 7.81. The number of alkyl halides is 3. The number of rotatable bonds is 5. The van der Waals surface area contributed by atoms with E-state index in [1.165, 1.54) is 18.3 Å². The summed E-state index contributed by atoms with van der Waals surface area (Å²) in [6.45, 7) is 0.0353. The van der Waals surface area contributed by atoms with Crippen LogP contribution in [0.15, 0.2) is 47.2 Å². The number of pyridine rings is 1. The second kappa shape index (κ2) is 7.55. The molecule has 0 aliphatic rings. The molecule has 0 atom stereocenters. The number of nitrogens with two attached hydrogens (primary N) is 1. The zero-order chi connectivity index (χ0) is 20.3. The molecule has 2 heterocycles. The number of amides is 1. The monoisotopic (exact) mass is 395 g/mol. The minimum atomic E-state index is -4.80. The molecule has 11 heteroatoms. The van der Waals surface area contributed by atoms with E-state index < -0.39 is 29.5 Å². The molecule has 1 aromatic carbocycles. The van der Waals surface area contributed by atoms with Gasteiger partial charge in [0.25, 0.3) is 5.91 Å². The molecule has 4 N–H and O–H groups in total. The smallest absolute Gasteiger partial charge is 0.441 e. The van der Waals surface area contributed by atoms with Crippen molar-refractivity contribution >= 4 is 23.1 Å². The number of hydrogen-bond acceptors (Lipinski definition) is 6. The van der Waals surface area contributed by atoms with Crippen LogP contribution < -0.4 is 16.4 Å². The lowest BCUT2D eigenvalue weighted by molar-refractivity contribution is -0.157. The number of nitrogen functional groups attached to an aromatic ring is 1. The lowest BCUT2D eigenvalue weighted by Gasteiger charge is -2.11. The van der Waals surface area contributed by atoms with Gasteiger partial charge in [-0.1, -0.05) is 0 Å². The van der Waals surface area contributed by atoms with Gasteiger partial charge in [0.2, 0.25) is 0 Å². The Morgan fingerprint density at radius 2 is 2.04 bits per heavy atom. The Labute approximate surface area is 155 Å². The van der Waals surface area contributed by atoms with Crippen LogP contribution in [0.5, 0.6) is 0 Å². The molecular formula is C17H13F4N5O2. The highest BCUT2D eigenvalue weighted by molar-refractivity contribution is 6.02. The third-order valence-electron chi connectivity index (χ3n) is 3.59. The van der Waals surface area contributed by atoms with Gasteiger partial charge >= 0.3 is 12.1 Å². The van der Waals surface area contributed by atoms with Crippen LogP contribution in [0.25, 0.3) is 0 Å². The van der Waals surface area contributed by atoms with Crippen LogP contribution in [0.2, 0.25) is 0 Å². The zero-order valence-corrected chi connectivity index (χ0v) is 14.0. The molecule has 0 unspecified atom stereocenters. The maximum Gasteiger partial charge on any atom is 0.468 e. The Hall–Kier alpha value is -3.63. The third kappa shape index (κ3) is 4.37. The van der Waals surface area contributed by atoms with Crippen LogP contribution in [0.3, 0.4) is 0 Å². The maximum absolute atomic E-state index is 14.0. The summed E-state index contributed by atoms with van der Waals surface area (Å²) < 4.78 is 55.7. The Morgan fingerprint density at radius 1 is 1.25 bits per heavy atom. The zero-order valence-electron chi connectivity index (χ0n) is 14.0. The number of anilines is 3. The Balaban J connectivity index is 1.71. The molecule has 146 valence electrons. The Morgan fingerprint density at radius 3 is 2.71 bits per heavy atom. The van der Waals surface area contributed by atoms with Crippen molar-refractivity contribution in [1.82, 2.24) is 9.97 Å². The standard InChI is InChI=1S/C17H13F4N5O2/c18-11-4-3-10(6-9(11)7-24-12-2-1-5-23-14(12)22)25-15(27)13-8-28-16(26-13)17(19,20)21/h1-6,8,24H,7H2,(H2,22,23)(H,25,27). The summed E-state index contributed by atoms with van der Waals surface area (Å²) in [5.74, 6) is -2.77. The van der Waals surface area contributed by atoms with Crippen molar-refractivity contribution in [2.24, 2.45) is 0 Å². The molecule has 3 rings (SSSR count).